The summed E-state index contributed by atoms with van der Waals surface area (Å²) in [4.78, 5) is 13.9. The summed E-state index contributed by atoms with van der Waals surface area (Å²) < 4.78 is 0. The van der Waals surface area contributed by atoms with E-state index in [0.717, 1.165) is 24.9 Å². The molecule has 0 aromatic heterocycles. The van der Waals surface area contributed by atoms with Crippen molar-refractivity contribution < 1.29 is 4.79 Å². The molecule has 0 spiro atoms. The zero-order valence-electron chi connectivity index (χ0n) is 14.9. The third kappa shape index (κ3) is 8.48. The lowest BCUT2D eigenvalue weighted by molar-refractivity contribution is -0.131. The minimum atomic E-state index is 0.356. The van der Waals surface area contributed by atoms with Crippen LogP contribution < -0.4 is 0 Å². The van der Waals surface area contributed by atoms with E-state index in [-0.39, 0.29) is 0 Å². The molecule has 0 N–H and O–H groups in total. The zero-order valence-corrected chi connectivity index (χ0v) is 14.9. The molecule has 1 amide bonds. The molecule has 1 unspecified atom stereocenters. The molecule has 0 bridgehead atoms. The summed E-state index contributed by atoms with van der Waals surface area (Å²) in [6.07, 6.45) is 11.8. The topological polar surface area (TPSA) is 20.3 Å². The van der Waals surface area contributed by atoms with Gasteiger partial charge in [-0.25, -0.2) is 0 Å². The SMILES string of the molecule is CC(C)CC(=O)N1CCCC(C)CC1.CC1CCCCC1. The summed E-state index contributed by atoms with van der Waals surface area (Å²) in [5.74, 6) is 2.68. The van der Waals surface area contributed by atoms with Crippen LogP contribution in [0.15, 0.2) is 0 Å². The van der Waals surface area contributed by atoms with Crippen molar-refractivity contribution in [3.05, 3.63) is 0 Å². The van der Waals surface area contributed by atoms with Gasteiger partial charge < -0.3 is 4.90 Å². The summed E-state index contributed by atoms with van der Waals surface area (Å²) in [5, 5.41) is 0. The highest BCUT2D eigenvalue weighted by atomic mass is 16.2. The van der Waals surface area contributed by atoms with Gasteiger partial charge in [0.2, 0.25) is 5.91 Å². The second-order valence-corrected chi connectivity index (χ2v) is 7.76. The molecule has 0 aromatic carbocycles. The molecule has 1 saturated heterocycles. The lowest BCUT2D eigenvalue weighted by Gasteiger charge is -2.21. The van der Waals surface area contributed by atoms with Crippen LogP contribution in [0.5, 0.6) is 0 Å². The predicted molar refractivity (Wildman–Crippen MR) is 91.3 cm³/mol. The summed E-state index contributed by atoms with van der Waals surface area (Å²) in [6, 6.07) is 0. The molecule has 2 nitrogen and oxygen atoms in total. The Bertz CT molecular complexity index is 281. The van der Waals surface area contributed by atoms with Gasteiger partial charge in [-0.05, 0) is 37.0 Å². The molecule has 2 fully saturated rings. The fraction of sp³-hybridized carbons (Fsp3) is 0.947. The van der Waals surface area contributed by atoms with Gasteiger partial charge in [0.1, 0.15) is 0 Å². The monoisotopic (exact) mass is 295 g/mol. The second kappa shape index (κ2) is 10.2. The van der Waals surface area contributed by atoms with Crippen molar-refractivity contribution >= 4 is 5.91 Å². The van der Waals surface area contributed by atoms with Crippen LogP contribution in [0.3, 0.4) is 0 Å². The maximum Gasteiger partial charge on any atom is 0.222 e. The molecule has 1 saturated carbocycles. The van der Waals surface area contributed by atoms with Crippen molar-refractivity contribution in [1.29, 1.82) is 0 Å². The molecule has 1 heterocycles. The van der Waals surface area contributed by atoms with Gasteiger partial charge in [0.05, 0.1) is 0 Å². The number of carbonyl (C=O) groups excluding carboxylic acids is 1. The number of carbonyl (C=O) groups is 1. The van der Waals surface area contributed by atoms with E-state index in [1.165, 1.54) is 51.4 Å². The van der Waals surface area contributed by atoms with Crippen LogP contribution in [0, 0.1) is 17.8 Å². The number of nitrogens with zero attached hydrogens (tertiary/aromatic N) is 1. The van der Waals surface area contributed by atoms with E-state index in [1.807, 2.05) is 0 Å². The molecule has 0 radical (unpaired) electrons. The van der Waals surface area contributed by atoms with Crippen LogP contribution in [0.2, 0.25) is 0 Å². The maximum absolute atomic E-state index is 11.8. The minimum Gasteiger partial charge on any atom is -0.343 e. The first-order valence-corrected chi connectivity index (χ1v) is 9.26. The van der Waals surface area contributed by atoms with Crippen molar-refractivity contribution in [2.24, 2.45) is 17.8 Å². The van der Waals surface area contributed by atoms with Gasteiger partial charge in [0.15, 0.2) is 0 Å². The molecule has 124 valence electrons. The Kier molecular flexibility index (Phi) is 9.03. The van der Waals surface area contributed by atoms with Crippen LogP contribution in [-0.2, 0) is 4.79 Å². The Hall–Kier alpha value is -0.530. The van der Waals surface area contributed by atoms with E-state index in [0.29, 0.717) is 18.2 Å². The zero-order chi connectivity index (χ0) is 15.7. The summed E-state index contributed by atoms with van der Waals surface area (Å²) in [5.41, 5.74) is 0. The van der Waals surface area contributed by atoms with Gasteiger partial charge in [0, 0.05) is 19.5 Å². The molecule has 2 aliphatic rings. The molecular formula is C19H37NO. The standard InChI is InChI=1S/C12H23NO.C7H14/c1-10(2)9-12(14)13-7-4-5-11(3)6-8-13;1-7-5-3-2-4-6-7/h10-11H,4-9H2,1-3H3;7H,2-6H2,1H3. The first kappa shape index (κ1) is 18.5. The van der Waals surface area contributed by atoms with Crippen molar-refractivity contribution in [1.82, 2.24) is 4.90 Å². The molecule has 1 aliphatic carbocycles. The Morgan fingerprint density at radius 3 is 2.00 bits per heavy atom. The van der Waals surface area contributed by atoms with E-state index in [9.17, 15) is 4.79 Å². The molecule has 0 aromatic rings. The van der Waals surface area contributed by atoms with Crippen LogP contribution in [0.4, 0.5) is 0 Å². The van der Waals surface area contributed by atoms with Crippen LogP contribution in [-0.4, -0.2) is 23.9 Å². The highest BCUT2D eigenvalue weighted by molar-refractivity contribution is 5.76. The number of amides is 1. The van der Waals surface area contributed by atoms with E-state index in [4.69, 9.17) is 0 Å². The summed E-state index contributed by atoms with van der Waals surface area (Å²) in [6.45, 7) is 10.8. The van der Waals surface area contributed by atoms with E-state index in [2.05, 4.69) is 32.6 Å². The Morgan fingerprint density at radius 1 is 0.905 bits per heavy atom. The smallest absolute Gasteiger partial charge is 0.222 e. The molecule has 21 heavy (non-hydrogen) atoms. The largest absolute Gasteiger partial charge is 0.343 e. The van der Waals surface area contributed by atoms with Crippen molar-refractivity contribution in [3.8, 4) is 0 Å². The summed E-state index contributed by atoms with van der Waals surface area (Å²) >= 11 is 0. The van der Waals surface area contributed by atoms with Crippen LogP contribution in [0.25, 0.3) is 0 Å². The Labute approximate surface area is 132 Å². The van der Waals surface area contributed by atoms with E-state index < -0.39 is 0 Å². The molecule has 2 heteroatoms. The lowest BCUT2D eigenvalue weighted by Crippen LogP contribution is -2.32. The van der Waals surface area contributed by atoms with Gasteiger partial charge in [0.25, 0.3) is 0 Å². The number of rotatable bonds is 2. The summed E-state index contributed by atoms with van der Waals surface area (Å²) in [7, 11) is 0. The van der Waals surface area contributed by atoms with Gasteiger partial charge >= 0.3 is 0 Å². The maximum atomic E-state index is 11.8. The highest BCUT2D eigenvalue weighted by Crippen LogP contribution is 2.22. The normalized spacial score (nSPS) is 24.2. The average molecular weight is 296 g/mol. The molecule has 1 aliphatic heterocycles. The minimum absolute atomic E-state index is 0.356. The Morgan fingerprint density at radius 2 is 1.48 bits per heavy atom. The van der Waals surface area contributed by atoms with Crippen LogP contribution >= 0.6 is 0 Å². The number of hydrogen-bond acceptors (Lipinski definition) is 1. The fourth-order valence-electron chi connectivity index (χ4n) is 3.30. The second-order valence-electron chi connectivity index (χ2n) is 7.76. The fourth-order valence-corrected chi connectivity index (χ4v) is 3.30. The van der Waals surface area contributed by atoms with Crippen molar-refractivity contribution in [3.63, 3.8) is 0 Å². The average Bonchev–Trinajstić information content (AvgIpc) is 2.64. The van der Waals surface area contributed by atoms with E-state index >= 15 is 0 Å². The first-order valence-electron chi connectivity index (χ1n) is 9.26. The van der Waals surface area contributed by atoms with Crippen molar-refractivity contribution in [2.45, 2.75) is 85.5 Å². The van der Waals surface area contributed by atoms with Gasteiger partial charge in [-0.1, -0.05) is 59.8 Å². The van der Waals surface area contributed by atoms with Gasteiger partial charge in [-0.2, -0.15) is 0 Å². The van der Waals surface area contributed by atoms with Crippen molar-refractivity contribution in [2.75, 3.05) is 13.1 Å². The predicted octanol–water partition coefficient (Wildman–Crippen LogP) is 5.27. The first-order chi connectivity index (χ1) is 9.99. The van der Waals surface area contributed by atoms with Crippen LogP contribution in [0.1, 0.15) is 85.5 Å². The number of hydrogen-bond donors (Lipinski definition) is 0. The highest BCUT2D eigenvalue weighted by Gasteiger charge is 2.18. The van der Waals surface area contributed by atoms with Gasteiger partial charge in [-0.15, -0.1) is 0 Å². The number of likely N-dealkylation sites (tertiary alicyclic amines) is 1. The van der Waals surface area contributed by atoms with E-state index in [1.54, 1.807) is 0 Å². The molecule has 1 atom stereocenters. The quantitative estimate of drug-likeness (QED) is 0.679. The van der Waals surface area contributed by atoms with Gasteiger partial charge in [-0.3, -0.25) is 4.79 Å². The molecular weight excluding hydrogens is 258 g/mol. The molecule has 2 rings (SSSR count). The lowest BCUT2D eigenvalue weighted by atomic mass is 9.91. The third-order valence-electron chi connectivity index (χ3n) is 4.85. The Balaban J connectivity index is 0.000000262. The third-order valence-corrected chi connectivity index (χ3v) is 4.85.